The molecule has 190 valence electrons. The van der Waals surface area contributed by atoms with E-state index >= 15 is 0 Å². The number of carbonyl (C=O) groups is 1. The molecule has 4 aromatic rings. The number of halogens is 1. The number of rotatable bonds is 9. The molecule has 12 heteroatoms. The second-order valence-electron chi connectivity index (χ2n) is 9.14. The Hall–Kier alpha value is -4.16. The van der Waals surface area contributed by atoms with Crippen molar-refractivity contribution >= 4 is 55.8 Å². The minimum atomic E-state index is -0.479. The number of quaternary nitrogens is 1. The lowest BCUT2D eigenvalue weighted by atomic mass is 10.2. The topological polar surface area (TPSA) is 128 Å². The Balaban J connectivity index is 1.43. The van der Waals surface area contributed by atoms with Crippen LogP contribution in [0.3, 0.4) is 0 Å². The zero-order valence-electron chi connectivity index (χ0n) is 20.6. The Kier molecular flexibility index (Phi) is 7.60. The molecule has 0 unspecified atom stereocenters. The van der Waals surface area contributed by atoms with E-state index in [9.17, 15) is 14.9 Å². The molecular weight excluding hydrogens is 540 g/mol. The summed E-state index contributed by atoms with van der Waals surface area (Å²) >= 11 is 3.46. The van der Waals surface area contributed by atoms with Gasteiger partial charge in [0.25, 0.3) is 0 Å². The van der Waals surface area contributed by atoms with Crippen LogP contribution in [0.2, 0.25) is 0 Å². The van der Waals surface area contributed by atoms with Crippen LogP contribution < -0.4 is 10.6 Å². The number of aryl methyl sites for hydroxylation is 1. The van der Waals surface area contributed by atoms with Crippen molar-refractivity contribution in [2.75, 3.05) is 31.3 Å². The van der Waals surface area contributed by atoms with Crippen LogP contribution in [0.15, 0.2) is 71.7 Å². The van der Waals surface area contributed by atoms with Crippen molar-refractivity contribution in [3.05, 3.63) is 87.6 Å². The van der Waals surface area contributed by atoms with Crippen molar-refractivity contribution in [3.63, 3.8) is 0 Å². The summed E-state index contributed by atoms with van der Waals surface area (Å²) in [6, 6.07) is 13.2. The molecule has 0 aliphatic carbocycles. The van der Waals surface area contributed by atoms with Crippen LogP contribution in [0.25, 0.3) is 10.9 Å². The van der Waals surface area contributed by atoms with E-state index in [0.717, 1.165) is 21.1 Å². The highest BCUT2D eigenvalue weighted by Crippen LogP contribution is 2.27. The van der Waals surface area contributed by atoms with E-state index in [-0.39, 0.29) is 11.7 Å². The molecule has 0 bridgehead atoms. The van der Waals surface area contributed by atoms with Gasteiger partial charge in [0.15, 0.2) is 5.69 Å². The van der Waals surface area contributed by atoms with E-state index in [2.05, 4.69) is 41.5 Å². The molecule has 11 nitrogen and oxygen atoms in total. The fraction of sp³-hybridized carbons (Fsp3) is 0.200. The predicted molar refractivity (Wildman–Crippen MR) is 145 cm³/mol. The molecule has 2 heterocycles. The molecule has 2 aromatic heterocycles. The quantitative estimate of drug-likeness (QED) is 0.132. The molecular formula is C25H26BrN8O3+. The number of hydrogen-bond donors (Lipinski definition) is 2. The number of aromatic nitrogens is 4. The van der Waals surface area contributed by atoms with E-state index in [0.29, 0.717) is 34.8 Å². The number of carbonyl (C=O) groups excluding carboxylic acids is 1. The molecule has 0 saturated heterocycles. The Morgan fingerprint density at radius 1 is 1.16 bits per heavy atom. The second-order valence-corrected chi connectivity index (χ2v) is 10.1. The van der Waals surface area contributed by atoms with Crippen LogP contribution in [-0.4, -0.2) is 55.5 Å². The summed E-state index contributed by atoms with van der Waals surface area (Å²) in [5.74, 6) is 0.187. The normalized spacial score (nSPS) is 11.7. The van der Waals surface area contributed by atoms with Crippen LogP contribution in [0.5, 0.6) is 0 Å². The maximum atomic E-state index is 12.6. The van der Waals surface area contributed by atoms with Gasteiger partial charge in [-0.2, -0.15) is 0 Å². The fourth-order valence-corrected chi connectivity index (χ4v) is 4.21. The maximum absolute atomic E-state index is 12.6. The highest BCUT2D eigenvalue weighted by atomic mass is 79.9. The third-order valence-corrected chi connectivity index (χ3v) is 6.14. The van der Waals surface area contributed by atoms with Crippen LogP contribution in [0, 0.1) is 10.1 Å². The largest absolute Gasteiger partial charge is 0.390 e. The summed E-state index contributed by atoms with van der Waals surface area (Å²) in [4.78, 5) is 35.9. The van der Waals surface area contributed by atoms with E-state index in [1.807, 2.05) is 50.5 Å². The first kappa shape index (κ1) is 25.9. The minimum Gasteiger partial charge on any atom is -0.358 e. The van der Waals surface area contributed by atoms with E-state index in [4.69, 9.17) is 0 Å². The Morgan fingerprint density at radius 2 is 1.97 bits per heavy atom. The standard InChI is InChI=1S/C25H25BrN8O3/c1-32-16-29-25(33(36)37)22(32)14-34(2,3)11-5-8-23(35)30-19-9-10-21-20(13-19)24(28-15-27-21)31-18-7-4-6-17(26)12-18/h4-10,12-13,15-16H,11,14H2,1-3H3,(H-,27,28,30,31,35)/p+1. The summed E-state index contributed by atoms with van der Waals surface area (Å²) < 4.78 is 3.00. The van der Waals surface area contributed by atoms with Gasteiger partial charge in [0.1, 0.15) is 18.7 Å². The minimum absolute atomic E-state index is 0.149. The molecule has 1 amide bonds. The van der Waals surface area contributed by atoms with Crippen molar-refractivity contribution in [3.8, 4) is 0 Å². The van der Waals surface area contributed by atoms with Gasteiger partial charge < -0.3 is 29.8 Å². The van der Waals surface area contributed by atoms with Gasteiger partial charge in [0.2, 0.25) is 12.2 Å². The van der Waals surface area contributed by atoms with Crippen molar-refractivity contribution in [2.24, 2.45) is 7.05 Å². The number of imidazole rings is 1. The lowest BCUT2D eigenvalue weighted by Crippen LogP contribution is -2.39. The molecule has 4 rings (SSSR count). The number of fused-ring (bicyclic) bond motifs is 1. The van der Waals surface area contributed by atoms with Crippen LogP contribution in [0.1, 0.15) is 5.69 Å². The van der Waals surface area contributed by atoms with Gasteiger partial charge >= 0.3 is 5.82 Å². The average Bonchev–Trinajstić information content (AvgIpc) is 3.19. The molecule has 0 aliphatic rings. The highest BCUT2D eigenvalue weighted by molar-refractivity contribution is 9.10. The summed E-state index contributed by atoms with van der Waals surface area (Å²) in [5, 5.41) is 18.2. The number of likely N-dealkylation sites (N-methyl/N-ethyl adjacent to an activating group) is 1. The van der Waals surface area contributed by atoms with E-state index in [1.165, 1.54) is 18.7 Å². The number of benzene rings is 2. The Labute approximate surface area is 221 Å². The first-order chi connectivity index (χ1) is 17.6. The van der Waals surface area contributed by atoms with Gasteiger partial charge in [-0.05, 0) is 52.4 Å². The van der Waals surface area contributed by atoms with Gasteiger partial charge in [-0.25, -0.2) is 9.97 Å². The molecule has 2 aromatic carbocycles. The van der Waals surface area contributed by atoms with Crippen LogP contribution >= 0.6 is 15.9 Å². The van der Waals surface area contributed by atoms with Gasteiger partial charge in [-0.3, -0.25) is 4.79 Å². The number of nitrogens with zero attached hydrogens (tertiary/aromatic N) is 6. The van der Waals surface area contributed by atoms with Crippen molar-refractivity contribution in [1.29, 1.82) is 0 Å². The Morgan fingerprint density at radius 3 is 2.73 bits per heavy atom. The smallest absolute Gasteiger partial charge is 0.358 e. The summed E-state index contributed by atoms with van der Waals surface area (Å²) in [6.07, 6.45) is 6.14. The molecule has 2 N–H and O–H groups in total. The molecule has 37 heavy (non-hydrogen) atoms. The number of hydrogen-bond acceptors (Lipinski definition) is 7. The lowest BCUT2D eigenvalue weighted by molar-refractivity contribution is -0.898. The van der Waals surface area contributed by atoms with E-state index in [1.54, 1.807) is 23.8 Å². The average molecular weight is 566 g/mol. The number of amides is 1. The van der Waals surface area contributed by atoms with Crippen LogP contribution in [0.4, 0.5) is 23.0 Å². The second kappa shape index (κ2) is 10.8. The fourth-order valence-electron chi connectivity index (χ4n) is 3.81. The third kappa shape index (κ3) is 6.54. The zero-order valence-corrected chi connectivity index (χ0v) is 22.1. The van der Waals surface area contributed by atoms with Crippen molar-refractivity contribution < 1.29 is 14.2 Å². The lowest BCUT2D eigenvalue weighted by Gasteiger charge is -2.27. The number of nitrogens with one attached hydrogen (secondary N) is 2. The first-order valence-corrected chi connectivity index (χ1v) is 12.1. The Bertz CT molecular complexity index is 1500. The summed E-state index contributed by atoms with van der Waals surface area (Å²) in [7, 11) is 5.59. The molecule has 0 spiro atoms. The van der Waals surface area contributed by atoms with E-state index < -0.39 is 4.92 Å². The van der Waals surface area contributed by atoms with Crippen LogP contribution in [-0.2, 0) is 18.4 Å². The van der Waals surface area contributed by atoms with Gasteiger partial charge in [0, 0.05) is 34.4 Å². The monoisotopic (exact) mass is 565 g/mol. The molecule has 0 radical (unpaired) electrons. The first-order valence-electron chi connectivity index (χ1n) is 11.3. The third-order valence-electron chi connectivity index (χ3n) is 5.65. The number of anilines is 3. The molecule has 0 atom stereocenters. The highest BCUT2D eigenvalue weighted by Gasteiger charge is 2.26. The van der Waals surface area contributed by atoms with Crippen molar-refractivity contribution in [1.82, 2.24) is 19.5 Å². The summed E-state index contributed by atoms with van der Waals surface area (Å²) in [5.41, 5.74) is 2.74. The molecule has 0 saturated carbocycles. The zero-order chi connectivity index (χ0) is 26.6. The molecule has 0 aliphatic heterocycles. The SMILES string of the molecule is Cn1cnc([N+](=O)[O-])c1C[N+](C)(C)CC=CC(=O)Nc1ccc2ncnc(Nc3cccc(Br)c3)c2c1. The van der Waals surface area contributed by atoms with Gasteiger partial charge in [-0.15, -0.1) is 0 Å². The van der Waals surface area contributed by atoms with Gasteiger partial charge in [-0.1, -0.05) is 22.0 Å². The van der Waals surface area contributed by atoms with Gasteiger partial charge in [0.05, 0.1) is 26.2 Å². The van der Waals surface area contributed by atoms with Crippen molar-refractivity contribution in [2.45, 2.75) is 6.54 Å². The molecule has 0 fully saturated rings. The summed E-state index contributed by atoms with van der Waals surface area (Å²) in [6.45, 7) is 0.874. The number of nitro groups is 1. The maximum Gasteiger partial charge on any atom is 0.390 e. The predicted octanol–water partition coefficient (Wildman–Crippen LogP) is 4.55.